The van der Waals surface area contributed by atoms with Crippen molar-refractivity contribution in [1.29, 1.82) is 0 Å². The van der Waals surface area contributed by atoms with Gasteiger partial charge in [0.1, 0.15) is 0 Å². The smallest absolute Gasteiger partial charge is 0.741 e. The third kappa shape index (κ3) is 10.4. The van der Waals surface area contributed by atoms with Crippen molar-refractivity contribution in [3.05, 3.63) is 42.5 Å². The zero-order chi connectivity index (χ0) is 26.3. The maximum atomic E-state index is 12.4. The van der Waals surface area contributed by atoms with Gasteiger partial charge in [-0.25, -0.2) is 21.7 Å². The first-order chi connectivity index (χ1) is 15.3. The average molecular weight is 814 g/mol. The van der Waals surface area contributed by atoms with Crippen molar-refractivity contribution in [2.75, 3.05) is 4.90 Å². The van der Waals surface area contributed by atoms with E-state index in [0.717, 1.165) is 0 Å². The standard InChI is InChI=1S/C14H12N2O2.2CHF3O3S.5H3N.Os/c17-13-11-9-6-7-10(15-9)12(11)14(18)16(13)8-4-2-1-3-5-8;2*2-1(3,4)8(5,6)7;;;;;;/h1-7,9-12,15H;2*(H,5,6,7);5*1H3;/q;;;;;;;;+2/p-2. The molecule has 4 atom stereocenters. The van der Waals surface area contributed by atoms with Gasteiger partial charge in [0.15, 0.2) is 20.2 Å². The van der Waals surface area contributed by atoms with E-state index in [1.165, 1.54) is 4.90 Å². The number of carbonyl (C=O) groups excluding carboxylic acids is 2. The van der Waals surface area contributed by atoms with E-state index in [4.69, 9.17) is 25.9 Å². The van der Waals surface area contributed by atoms with Crippen LogP contribution in [0.15, 0.2) is 42.5 Å². The Morgan fingerprint density at radius 1 is 0.675 bits per heavy atom. The number of amides is 2. The molecule has 1 aromatic carbocycles. The van der Waals surface area contributed by atoms with Gasteiger partial charge in [0.2, 0.25) is 11.8 Å². The number of rotatable bonds is 1. The number of benzene rings is 1. The number of imide groups is 1. The van der Waals surface area contributed by atoms with Crippen LogP contribution in [0.3, 0.4) is 0 Å². The molecule has 3 aliphatic rings. The molecule has 3 aliphatic heterocycles. The molecule has 2 bridgehead atoms. The molecule has 1 aromatic rings. The van der Waals surface area contributed by atoms with E-state index in [-0.39, 0.29) is 86.3 Å². The van der Waals surface area contributed by atoms with E-state index in [9.17, 15) is 35.9 Å². The third-order valence-corrected chi connectivity index (χ3v) is 5.80. The minimum Gasteiger partial charge on any atom is -0.741 e. The zero-order valence-corrected chi connectivity index (χ0v) is 24.2. The average Bonchev–Trinajstić information content (AvgIpc) is 3.34. The first kappa shape index (κ1) is 47.7. The Kier molecular flexibility index (Phi) is 19.5. The number of nitrogens with zero attached hydrogens (tertiary/aromatic N) is 1. The van der Waals surface area contributed by atoms with Crippen molar-refractivity contribution in [2.24, 2.45) is 11.8 Å². The van der Waals surface area contributed by atoms with E-state index >= 15 is 0 Å². The second kappa shape index (κ2) is 16.4. The summed E-state index contributed by atoms with van der Waals surface area (Å²) >= 11 is 0. The molecular formula is C16H27F6N7O8OsS2. The SMILES string of the molecule is N.N.N.N.N.O=C1C2C3C=CC(N3)C2C(=O)N1c1ccccc1.O=S(=O)([O-])C(F)(F)F.O=S(=O)([O-])C(F)(F)F.[Os+2]. The number of hydrogen-bond acceptors (Lipinski definition) is 14. The van der Waals surface area contributed by atoms with E-state index in [1.54, 1.807) is 12.1 Å². The Balaban J connectivity index is -0.000000162. The molecule has 2 saturated heterocycles. The monoisotopic (exact) mass is 815 g/mol. The van der Waals surface area contributed by atoms with Gasteiger partial charge in [-0.3, -0.25) is 9.59 Å². The number of carbonyl (C=O) groups is 2. The predicted molar refractivity (Wildman–Crippen MR) is 122 cm³/mol. The van der Waals surface area contributed by atoms with Gasteiger partial charge < -0.3 is 45.2 Å². The number of anilines is 1. The first-order valence-electron chi connectivity index (χ1n) is 8.69. The molecule has 15 nitrogen and oxygen atoms in total. The van der Waals surface area contributed by atoms with Crippen molar-refractivity contribution in [3.63, 3.8) is 0 Å². The van der Waals surface area contributed by atoms with Crippen molar-refractivity contribution >= 4 is 37.7 Å². The molecule has 0 radical (unpaired) electrons. The summed E-state index contributed by atoms with van der Waals surface area (Å²) < 4.78 is 118. The van der Waals surface area contributed by atoms with E-state index in [1.807, 2.05) is 30.4 Å². The predicted octanol–water partition coefficient (Wildman–Crippen LogP) is 1.61. The second-order valence-electron chi connectivity index (χ2n) is 6.80. The molecule has 0 spiro atoms. The van der Waals surface area contributed by atoms with E-state index in [0.29, 0.717) is 5.69 Å². The van der Waals surface area contributed by atoms with Crippen molar-refractivity contribution in [3.8, 4) is 0 Å². The maximum Gasteiger partial charge on any atom is 2.00 e. The fraction of sp³-hybridized carbons (Fsp3) is 0.375. The van der Waals surface area contributed by atoms with Crippen molar-refractivity contribution < 1.29 is 81.7 Å². The summed E-state index contributed by atoms with van der Waals surface area (Å²) in [5, 5.41) is 3.28. The van der Waals surface area contributed by atoms with Crippen LogP contribution in [0.2, 0.25) is 0 Å². The summed E-state index contributed by atoms with van der Waals surface area (Å²) in [6.07, 6.45) is 4.01. The summed E-state index contributed by atoms with van der Waals surface area (Å²) in [6, 6.07) is 9.24. The minimum absolute atomic E-state index is 0. The maximum absolute atomic E-state index is 12.4. The fourth-order valence-corrected chi connectivity index (χ4v) is 3.32. The summed E-state index contributed by atoms with van der Waals surface area (Å²) in [5.41, 5.74) is -10.6. The molecule has 4 unspecified atom stereocenters. The summed E-state index contributed by atoms with van der Waals surface area (Å²) in [4.78, 5) is 26.2. The molecule has 0 aliphatic carbocycles. The van der Waals surface area contributed by atoms with Crippen LogP contribution in [0.25, 0.3) is 0 Å². The molecule has 236 valence electrons. The fourth-order valence-electron chi connectivity index (χ4n) is 3.32. The number of hydrogen-bond donors (Lipinski definition) is 6. The number of halogens is 6. The molecule has 4 rings (SSSR count). The number of nitrogens with one attached hydrogen (secondary N) is 1. The molecule has 0 aromatic heterocycles. The quantitative estimate of drug-likeness (QED) is 0.0772. The third-order valence-electron chi connectivity index (χ3n) is 4.66. The zero-order valence-electron chi connectivity index (χ0n) is 20.0. The Morgan fingerprint density at radius 3 is 1.20 bits per heavy atom. The molecule has 3 heterocycles. The summed E-state index contributed by atoms with van der Waals surface area (Å²) in [6.45, 7) is 0. The second-order valence-corrected chi connectivity index (χ2v) is 9.54. The van der Waals surface area contributed by atoms with Crippen LogP contribution in [0.4, 0.5) is 32.0 Å². The van der Waals surface area contributed by atoms with E-state index in [2.05, 4.69) is 5.32 Å². The van der Waals surface area contributed by atoms with E-state index < -0.39 is 31.3 Å². The van der Waals surface area contributed by atoms with Crippen LogP contribution in [0.5, 0.6) is 0 Å². The van der Waals surface area contributed by atoms with Crippen LogP contribution in [-0.4, -0.2) is 60.9 Å². The van der Waals surface area contributed by atoms with Gasteiger partial charge in [0.05, 0.1) is 17.5 Å². The summed E-state index contributed by atoms with van der Waals surface area (Å²) in [7, 11) is -12.2. The summed E-state index contributed by atoms with van der Waals surface area (Å²) in [5.74, 6) is -0.568. The molecule has 16 N–H and O–H groups in total. The van der Waals surface area contributed by atoms with Crippen LogP contribution in [0, 0.1) is 11.8 Å². The van der Waals surface area contributed by atoms with Crippen LogP contribution in [-0.2, 0) is 49.6 Å². The molecule has 24 heteroatoms. The van der Waals surface area contributed by atoms with Crippen LogP contribution >= 0.6 is 0 Å². The Hall–Kier alpha value is -2.10. The Bertz CT molecular complexity index is 1130. The minimum atomic E-state index is -6.09. The molecular weight excluding hydrogens is 787 g/mol. The molecule has 2 amide bonds. The molecule has 40 heavy (non-hydrogen) atoms. The van der Waals surface area contributed by atoms with Gasteiger partial charge in [-0.1, -0.05) is 30.4 Å². The van der Waals surface area contributed by atoms with Crippen molar-refractivity contribution in [2.45, 2.75) is 23.1 Å². The van der Waals surface area contributed by atoms with Gasteiger partial charge in [0, 0.05) is 12.1 Å². The molecule has 0 saturated carbocycles. The largest absolute Gasteiger partial charge is 2.00 e. The van der Waals surface area contributed by atoms with Gasteiger partial charge in [-0.15, -0.1) is 0 Å². The van der Waals surface area contributed by atoms with Gasteiger partial charge >= 0.3 is 30.8 Å². The Labute approximate surface area is 237 Å². The number of fused-ring (bicyclic) bond motifs is 5. The molecule has 2 fully saturated rings. The first-order valence-corrected chi connectivity index (χ1v) is 11.5. The Morgan fingerprint density at radius 2 is 0.950 bits per heavy atom. The van der Waals surface area contributed by atoms with Crippen molar-refractivity contribution in [1.82, 2.24) is 36.1 Å². The van der Waals surface area contributed by atoms with Gasteiger partial charge in [-0.2, -0.15) is 26.3 Å². The van der Waals surface area contributed by atoms with Gasteiger partial charge in [0.25, 0.3) is 0 Å². The normalized spacial score (nSPS) is 22.1. The van der Waals surface area contributed by atoms with Gasteiger partial charge in [-0.05, 0) is 12.1 Å². The number of para-hydroxylation sites is 1. The van der Waals surface area contributed by atoms with Crippen LogP contribution in [0.1, 0.15) is 0 Å². The van der Waals surface area contributed by atoms with Crippen LogP contribution < -0.4 is 41.0 Å². The topological polar surface area (TPSA) is 339 Å². The number of alkyl halides is 6.